The Balaban J connectivity index is 1.29. The number of fused-ring (bicyclic) bond motifs is 1. The second kappa shape index (κ2) is 11.0. The molecule has 3 aromatic carbocycles. The van der Waals surface area contributed by atoms with E-state index < -0.39 is 21.8 Å². The molecule has 200 valence electrons. The van der Waals surface area contributed by atoms with E-state index in [1.807, 2.05) is 25.1 Å². The summed E-state index contributed by atoms with van der Waals surface area (Å²) in [6.07, 6.45) is 0.669. The average Bonchev–Trinajstić information content (AvgIpc) is 3.27. The maximum absolute atomic E-state index is 13.1. The number of benzene rings is 3. The van der Waals surface area contributed by atoms with Crippen LogP contribution < -0.4 is 15.8 Å². The van der Waals surface area contributed by atoms with Crippen LogP contribution in [0.5, 0.6) is 0 Å². The highest BCUT2D eigenvalue weighted by Crippen LogP contribution is 2.37. The maximum Gasteiger partial charge on any atom is 0.261 e. The molecule has 2 heterocycles. The van der Waals surface area contributed by atoms with Gasteiger partial charge in [-0.25, -0.2) is 8.42 Å². The number of carbonyl (C=O) groups excluding carboxylic acids is 2. The van der Waals surface area contributed by atoms with Crippen LogP contribution in [0.15, 0.2) is 83.8 Å². The van der Waals surface area contributed by atoms with Crippen LogP contribution in [0.3, 0.4) is 0 Å². The fourth-order valence-electron chi connectivity index (χ4n) is 4.58. The highest BCUT2D eigenvalue weighted by Gasteiger charge is 2.28. The van der Waals surface area contributed by atoms with Gasteiger partial charge in [-0.2, -0.15) is 0 Å². The number of amides is 2. The van der Waals surface area contributed by atoms with Crippen molar-refractivity contribution >= 4 is 43.9 Å². The number of anilines is 2. The van der Waals surface area contributed by atoms with Crippen molar-refractivity contribution in [1.82, 2.24) is 4.90 Å². The van der Waals surface area contributed by atoms with Gasteiger partial charge in [0.1, 0.15) is 5.00 Å². The molecule has 1 aliphatic rings. The number of aryl methyl sites for hydroxylation is 1. The number of hydrogen-bond acceptors (Lipinski definition) is 6. The smallest absolute Gasteiger partial charge is 0.261 e. The molecule has 0 radical (unpaired) electrons. The third-order valence-corrected chi connectivity index (χ3v) is 9.12. The van der Waals surface area contributed by atoms with Crippen LogP contribution in [0.1, 0.15) is 42.3 Å². The van der Waals surface area contributed by atoms with Gasteiger partial charge in [0.2, 0.25) is 0 Å². The van der Waals surface area contributed by atoms with Crippen LogP contribution >= 0.6 is 11.3 Å². The summed E-state index contributed by atoms with van der Waals surface area (Å²) in [6, 6.07) is 22.8. The van der Waals surface area contributed by atoms with Crippen molar-refractivity contribution in [3.63, 3.8) is 0 Å². The summed E-state index contributed by atoms with van der Waals surface area (Å²) in [7, 11) is -3.76. The number of thiophene rings is 1. The molecule has 39 heavy (non-hydrogen) atoms. The van der Waals surface area contributed by atoms with E-state index in [4.69, 9.17) is 5.73 Å². The lowest BCUT2D eigenvalue weighted by atomic mass is 10.0. The molecule has 0 spiro atoms. The SMILES string of the molecule is Cc1ccc(S(=O)(=O)Nc2ccc(C(=O)Nc3sc4c(c3C(N)=O)CCN(Cc3ccccc3)C4)cc2)cc1. The van der Waals surface area contributed by atoms with E-state index in [9.17, 15) is 18.0 Å². The average molecular weight is 561 g/mol. The van der Waals surface area contributed by atoms with E-state index in [-0.39, 0.29) is 4.90 Å². The topological polar surface area (TPSA) is 122 Å². The lowest BCUT2D eigenvalue weighted by Crippen LogP contribution is -2.30. The summed E-state index contributed by atoms with van der Waals surface area (Å²) in [5.74, 6) is -0.981. The van der Waals surface area contributed by atoms with Crippen molar-refractivity contribution in [2.75, 3.05) is 16.6 Å². The van der Waals surface area contributed by atoms with E-state index in [2.05, 4.69) is 27.1 Å². The van der Waals surface area contributed by atoms with Gasteiger partial charge >= 0.3 is 0 Å². The summed E-state index contributed by atoms with van der Waals surface area (Å²) in [6.45, 7) is 4.13. The minimum atomic E-state index is -3.76. The molecule has 4 aromatic rings. The Morgan fingerprint density at radius 3 is 2.33 bits per heavy atom. The second-order valence-electron chi connectivity index (χ2n) is 9.47. The van der Waals surface area contributed by atoms with Gasteiger partial charge < -0.3 is 11.1 Å². The van der Waals surface area contributed by atoms with Gasteiger partial charge in [-0.15, -0.1) is 11.3 Å². The van der Waals surface area contributed by atoms with E-state index >= 15 is 0 Å². The molecule has 4 N–H and O–H groups in total. The fourth-order valence-corrected chi connectivity index (χ4v) is 6.93. The Morgan fingerprint density at radius 1 is 0.974 bits per heavy atom. The molecule has 10 heteroatoms. The first-order valence-electron chi connectivity index (χ1n) is 12.4. The predicted octanol–water partition coefficient (Wildman–Crippen LogP) is 4.77. The van der Waals surface area contributed by atoms with Crippen molar-refractivity contribution < 1.29 is 18.0 Å². The Morgan fingerprint density at radius 2 is 1.67 bits per heavy atom. The second-order valence-corrected chi connectivity index (χ2v) is 12.3. The van der Waals surface area contributed by atoms with E-state index in [0.29, 0.717) is 34.8 Å². The van der Waals surface area contributed by atoms with Crippen LogP contribution in [-0.2, 0) is 29.5 Å². The van der Waals surface area contributed by atoms with Crippen LogP contribution in [0, 0.1) is 6.92 Å². The third kappa shape index (κ3) is 6.03. The normalized spacial score (nSPS) is 13.5. The first-order valence-corrected chi connectivity index (χ1v) is 14.7. The number of sulfonamides is 1. The van der Waals surface area contributed by atoms with Crippen LogP contribution in [0.25, 0.3) is 0 Å². The largest absolute Gasteiger partial charge is 0.365 e. The molecule has 0 unspecified atom stereocenters. The van der Waals surface area contributed by atoms with Crippen molar-refractivity contribution in [2.24, 2.45) is 5.73 Å². The molecular weight excluding hydrogens is 532 g/mol. The van der Waals surface area contributed by atoms with Crippen molar-refractivity contribution in [3.05, 3.63) is 112 Å². The minimum absolute atomic E-state index is 0.151. The molecular formula is C29H28N4O4S2. The molecule has 0 bridgehead atoms. The third-order valence-electron chi connectivity index (χ3n) is 6.59. The molecule has 0 atom stereocenters. The molecule has 0 saturated heterocycles. The lowest BCUT2D eigenvalue weighted by molar-refractivity contribution is 0.0999. The molecule has 8 nitrogen and oxygen atoms in total. The molecule has 1 aliphatic heterocycles. The number of nitrogens with zero attached hydrogens (tertiary/aromatic N) is 1. The van der Waals surface area contributed by atoms with Crippen molar-refractivity contribution in [2.45, 2.75) is 31.3 Å². The van der Waals surface area contributed by atoms with Gasteiger partial charge in [-0.1, -0.05) is 48.0 Å². The Hall–Kier alpha value is -3.99. The maximum atomic E-state index is 13.1. The fraction of sp³-hybridized carbons (Fsp3) is 0.172. The first kappa shape index (κ1) is 26.6. The van der Waals surface area contributed by atoms with Crippen molar-refractivity contribution in [3.8, 4) is 0 Å². The van der Waals surface area contributed by atoms with Crippen LogP contribution in [0.4, 0.5) is 10.7 Å². The Kier molecular flexibility index (Phi) is 7.51. The van der Waals surface area contributed by atoms with Crippen LogP contribution in [0.2, 0.25) is 0 Å². The highest BCUT2D eigenvalue weighted by molar-refractivity contribution is 7.92. The zero-order valence-electron chi connectivity index (χ0n) is 21.3. The number of primary amides is 1. The predicted molar refractivity (Wildman–Crippen MR) is 153 cm³/mol. The summed E-state index contributed by atoms with van der Waals surface area (Å²) < 4.78 is 27.8. The van der Waals surface area contributed by atoms with Gasteiger partial charge in [0.05, 0.1) is 10.5 Å². The van der Waals surface area contributed by atoms with Gasteiger partial charge in [0.25, 0.3) is 21.8 Å². The van der Waals surface area contributed by atoms with Gasteiger partial charge in [-0.05, 0) is 60.9 Å². The first-order chi connectivity index (χ1) is 18.7. The highest BCUT2D eigenvalue weighted by atomic mass is 32.2. The summed E-state index contributed by atoms with van der Waals surface area (Å²) in [5, 5.41) is 3.28. The van der Waals surface area contributed by atoms with Crippen molar-refractivity contribution in [1.29, 1.82) is 0 Å². The summed E-state index contributed by atoms with van der Waals surface area (Å²) in [5.41, 5.74) is 9.81. The Bertz CT molecular complexity index is 1610. The van der Waals surface area contributed by atoms with E-state index in [0.717, 1.165) is 29.1 Å². The molecule has 1 aromatic heterocycles. The molecule has 5 rings (SSSR count). The molecule has 0 aliphatic carbocycles. The number of rotatable bonds is 8. The Labute approximate surface area is 231 Å². The zero-order valence-corrected chi connectivity index (χ0v) is 22.9. The molecule has 0 saturated carbocycles. The van der Waals surface area contributed by atoms with E-state index in [1.54, 1.807) is 12.1 Å². The quantitative estimate of drug-likeness (QED) is 0.287. The number of carbonyl (C=O) groups is 2. The zero-order chi connectivity index (χ0) is 27.6. The number of nitrogens with one attached hydrogen (secondary N) is 2. The minimum Gasteiger partial charge on any atom is -0.365 e. The standard InChI is InChI=1S/C29H28N4O4S2/c1-19-7-13-23(14-8-19)39(36,37)32-22-11-9-21(10-12-22)28(35)31-29-26(27(30)34)24-15-16-33(18-25(24)38-29)17-20-5-3-2-4-6-20/h2-14,32H,15-18H2,1H3,(H2,30,34)(H,31,35). The molecule has 2 amide bonds. The number of hydrogen-bond donors (Lipinski definition) is 3. The van der Waals surface area contributed by atoms with Gasteiger partial charge in [0, 0.05) is 35.8 Å². The van der Waals surface area contributed by atoms with E-state index in [1.165, 1.54) is 53.3 Å². The summed E-state index contributed by atoms with van der Waals surface area (Å²) >= 11 is 1.37. The van der Waals surface area contributed by atoms with Crippen LogP contribution in [-0.4, -0.2) is 31.7 Å². The summed E-state index contributed by atoms with van der Waals surface area (Å²) in [4.78, 5) is 28.9. The molecule has 0 fully saturated rings. The monoisotopic (exact) mass is 560 g/mol. The number of nitrogens with two attached hydrogens (primary N) is 1. The van der Waals surface area contributed by atoms with Gasteiger partial charge in [0.15, 0.2) is 0 Å². The lowest BCUT2D eigenvalue weighted by Gasteiger charge is -2.27. The van der Waals surface area contributed by atoms with Gasteiger partial charge in [-0.3, -0.25) is 19.2 Å².